The van der Waals surface area contributed by atoms with Crippen LogP contribution in [0.2, 0.25) is 0 Å². The Morgan fingerprint density at radius 3 is 3.05 bits per heavy atom. The summed E-state index contributed by atoms with van der Waals surface area (Å²) in [5, 5.41) is 4.37. The van der Waals surface area contributed by atoms with Gasteiger partial charge in [-0.05, 0) is 44.4 Å². The molecule has 1 aliphatic rings. The van der Waals surface area contributed by atoms with Gasteiger partial charge in [0.1, 0.15) is 5.82 Å². The first kappa shape index (κ1) is 12.3. The Morgan fingerprint density at radius 2 is 2.26 bits per heavy atom. The fraction of sp³-hybridized carbons (Fsp3) is 0.538. The van der Waals surface area contributed by atoms with Crippen LogP contribution in [0.3, 0.4) is 0 Å². The van der Waals surface area contributed by atoms with E-state index in [9.17, 15) is 4.39 Å². The van der Waals surface area contributed by atoms with Crippen molar-refractivity contribution in [2.75, 3.05) is 18.0 Å². The molecule has 0 amide bonds. The van der Waals surface area contributed by atoms with Gasteiger partial charge in [0.15, 0.2) is 5.65 Å². The number of halogens is 1. The van der Waals surface area contributed by atoms with Gasteiger partial charge in [0, 0.05) is 12.6 Å². The first-order valence-corrected chi connectivity index (χ1v) is 6.66. The second kappa shape index (κ2) is 4.77. The van der Waals surface area contributed by atoms with Crippen molar-refractivity contribution in [2.45, 2.75) is 25.8 Å². The highest BCUT2D eigenvalue weighted by Gasteiger charge is 2.27. The van der Waals surface area contributed by atoms with Gasteiger partial charge in [-0.2, -0.15) is 4.98 Å². The average molecular weight is 263 g/mol. The number of pyridine rings is 1. The normalized spacial score (nSPS) is 24.1. The lowest BCUT2D eigenvalue weighted by molar-refractivity contribution is 0.369. The van der Waals surface area contributed by atoms with Crippen LogP contribution in [0.15, 0.2) is 18.3 Å². The van der Waals surface area contributed by atoms with Crippen LogP contribution in [0, 0.1) is 11.7 Å². The van der Waals surface area contributed by atoms with Crippen molar-refractivity contribution in [3.8, 4) is 0 Å². The summed E-state index contributed by atoms with van der Waals surface area (Å²) in [6.07, 6.45) is 3.59. The molecule has 3 rings (SSSR count). The molecule has 102 valence electrons. The van der Waals surface area contributed by atoms with Crippen molar-refractivity contribution < 1.29 is 4.39 Å². The highest BCUT2D eigenvalue weighted by atomic mass is 19.1. The SMILES string of the molecule is CC1CCC(CN)CN1c1nc2ccc(F)cn2n1. The van der Waals surface area contributed by atoms with Crippen molar-refractivity contribution in [2.24, 2.45) is 11.7 Å². The number of hydrogen-bond donors (Lipinski definition) is 1. The largest absolute Gasteiger partial charge is 0.336 e. The molecular formula is C13H18FN5. The van der Waals surface area contributed by atoms with Crippen LogP contribution in [0.4, 0.5) is 10.3 Å². The summed E-state index contributed by atoms with van der Waals surface area (Å²) in [6.45, 7) is 3.72. The second-order valence-corrected chi connectivity index (χ2v) is 5.24. The highest BCUT2D eigenvalue weighted by Crippen LogP contribution is 2.25. The molecule has 0 aliphatic carbocycles. The van der Waals surface area contributed by atoms with Crippen LogP contribution >= 0.6 is 0 Å². The van der Waals surface area contributed by atoms with E-state index in [0.29, 0.717) is 30.1 Å². The summed E-state index contributed by atoms with van der Waals surface area (Å²) in [5.74, 6) is 0.839. The monoisotopic (exact) mass is 263 g/mol. The van der Waals surface area contributed by atoms with Crippen LogP contribution in [0.5, 0.6) is 0 Å². The Balaban J connectivity index is 1.93. The minimum atomic E-state index is -0.310. The van der Waals surface area contributed by atoms with E-state index in [4.69, 9.17) is 5.73 Å². The zero-order valence-electron chi connectivity index (χ0n) is 11.0. The van der Waals surface area contributed by atoms with E-state index in [1.807, 2.05) is 0 Å². The van der Waals surface area contributed by atoms with Crippen LogP contribution in [0.25, 0.3) is 5.65 Å². The standard InChI is InChI=1S/C13H18FN5/c1-9-2-3-10(6-15)7-18(9)13-16-12-5-4-11(14)8-19(12)17-13/h4-5,8-10H,2-3,6-7,15H2,1H3. The van der Waals surface area contributed by atoms with Gasteiger partial charge >= 0.3 is 0 Å². The first-order chi connectivity index (χ1) is 9.17. The predicted octanol–water partition coefficient (Wildman–Crippen LogP) is 1.43. The maximum atomic E-state index is 13.2. The third-order valence-corrected chi connectivity index (χ3v) is 3.85. The zero-order chi connectivity index (χ0) is 13.4. The number of fused-ring (bicyclic) bond motifs is 1. The molecule has 6 heteroatoms. The number of aromatic nitrogens is 3. The Morgan fingerprint density at radius 1 is 1.42 bits per heavy atom. The molecule has 19 heavy (non-hydrogen) atoms. The molecule has 1 saturated heterocycles. The molecule has 2 N–H and O–H groups in total. The molecule has 0 radical (unpaired) electrons. The van der Waals surface area contributed by atoms with Crippen LogP contribution < -0.4 is 10.6 Å². The summed E-state index contributed by atoms with van der Waals surface area (Å²) in [6, 6.07) is 3.43. The van der Waals surface area contributed by atoms with E-state index < -0.39 is 0 Å². The molecule has 0 spiro atoms. The maximum Gasteiger partial charge on any atom is 0.245 e. The summed E-state index contributed by atoms with van der Waals surface area (Å²) >= 11 is 0. The number of piperidine rings is 1. The molecule has 0 aromatic carbocycles. The topological polar surface area (TPSA) is 59.5 Å². The molecule has 1 fully saturated rings. The van der Waals surface area contributed by atoms with Gasteiger partial charge in [-0.25, -0.2) is 8.91 Å². The third kappa shape index (κ3) is 2.28. The van der Waals surface area contributed by atoms with Crippen molar-refractivity contribution in [1.29, 1.82) is 0 Å². The minimum Gasteiger partial charge on any atom is -0.336 e. The van der Waals surface area contributed by atoms with Gasteiger partial charge in [-0.1, -0.05) is 0 Å². The van der Waals surface area contributed by atoms with Crippen molar-refractivity contribution >= 4 is 11.6 Å². The molecular weight excluding hydrogens is 245 g/mol. The third-order valence-electron chi connectivity index (χ3n) is 3.85. The van der Waals surface area contributed by atoms with Crippen molar-refractivity contribution in [3.63, 3.8) is 0 Å². The lowest BCUT2D eigenvalue weighted by Crippen LogP contribution is -2.44. The Hall–Kier alpha value is -1.69. The summed E-state index contributed by atoms with van der Waals surface area (Å²) in [4.78, 5) is 6.64. The number of hydrogen-bond acceptors (Lipinski definition) is 4. The summed E-state index contributed by atoms with van der Waals surface area (Å²) in [7, 11) is 0. The fourth-order valence-corrected chi connectivity index (χ4v) is 2.62. The van der Waals surface area contributed by atoms with Crippen LogP contribution in [-0.2, 0) is 0 Å². The van der Waals surface area contributed by atoms with Gasteiger partial charge in [0.2, 0.25) is 5.95 Å². The van der Waals surface area contributed by atoms with Gasteiger partial charge in [0.25, 0.3) is 0 Å². The number of anilines is 1. The number of rotatable bonds is 2. The maximum absolute atomic E-state index is 13.2. The van der Waals surface area contributed by atoms with E-state index in [1.54, 1.807) is 6.07 Å². The molecule has 5 nitrogen and oxygen atoms in total. The molecule has 0 bridgehead atoms. The van der Waals surface area contributed by atoms with E-state index in [-0.39, 0.29) is 5.82 Å². The molecule has 3 heterocycles. The van der Waals surface area contributed by atoms with Crippen LogP contribution in [0.1, 0.15) is 19.8 Å². The Bertz CT molecular complexity index is 581. The minimum absolute atomic E-state index is 0.310. The summed E-state index contributed by atoms with van der Waals surface area (Å²) in [5.41, 5.74) is 6.43. The number of nitrogens with two attached hydrogens (primary N) is 1. The fourth-order valence-electron chi connectivity index (χ4n) is 2.62. The molecule has 2 aromatic rings. The average Bonchev–Trinajstić information content (AvgIpc) is 2.82. The van der Waals surface area contributed by atoms with Crippen LogP contribution in [-0.4, -0.2) is 33.7 Å². The first-order valence-electron chi connectivity index (χ1n) is 6.66. The van der Waals surface area contributed by atoms with Gasteiger partial charge in [-0.3, -0.25) is 0 Å². The molecule has 2 aromatic heterocycles. The van der Waals surface area contributed by atoms with E-state index in [0.717, 1.165) is 19.4 Å². The highest BCUT2D eigenvalue weighted by molar-refractivity contribution is 5.45. The molecule has 2 unspecified atom stereocenters. The van der Waals surface area contributed by atoms with E-state index in [1.165, 1.54) is 16.8 Å². The van der Waals surface area contributed by atoms with Gasteiger partial charge in [-0.15, -0.1) is 5.10 Å². The quantitative estimate of drug-likeness (QED) is 0.890. The van der Waals surface area contributed by atoms with E-state index >= 15 is 0 Å². The zero-order valence-corrected chi connectivity index (χ0v) is 11.0. The Kier molecular flexibility index (Phi) is 3.10. The van der Waals surface area contributed by atoms with E-state index in [2.05, 4.69) is 21.9 Å². The number of nitrogens with zero attached hydrogens (tertiary/aromatic N) is 4. The molecule has 2 atom stereocenters. The lowest BCUT2D eigenvalue weighted by Gasteiger charge is -2.36. The molecule has 1 aliphatic heterocycles. The summed E-state index contributed by atoms with van der Waals surface area (Å²) < 4.78 is 14.7. The predicted molar refractivity (Wildman–Crippen MR) is 71.5 cm³/mol. The Labute approximate surface area is 111 Å². The van der Waals surface area contributed by atoms with Crippen molar-refractivity contribution in [3.05, 3.63) is 24.1 Å². The smallest absolute Gasteiger partial charge is 0.245 e. The van der Waals surface area contributed by atoms with Gasteiger partial charge in [0.05, 0.1) is 6.20 Å². The molecule has 0 saturated carbocycles. The van der Waals surface area contributed by atoms with Crippen molar-refractivity contribution in [1.82, 2.24) is 14.6 Å². The van der Waals surface area contributed by atoms with Gasteiger partial charge < -0.3 is 10.6 Å². The second-order valence-electron chi connectivity index (χ2n) is 5.24. The lowest BCUT2D eigenvalue weighted by atomic mass is 9.94.